The molecule has 4 heterocycles. The highest BCUT2D eigenvalue weighted by Crippen LogP contribution is 2.51. The van der Waals surface area contributed by atoms with Crippen LogP contribution in [0.2, 0.25) is 0 Å². The molecule has 0 unspecified atom stereocenters. The van der Waals surface area contributed by atoms with Crippen LogP contribution in [0.5, 0.6) is 11.5 Å². The van der Waals surface area contributed by atoms with Crippen molar-refractivity contribution in [2.75, 3.05) is 9.80 Å². The first-order valence-electron chi connectivity index (χ1n) is 34.6. The first-order valence-corrected chi connectivity index (χ1v) is 34.6. The van der Waals surface area contributed by atoms with Crippen LogP contribution in [0.1, 0.15) is 90.1 Å². The molecular weight excluding hydrogens is 1200 g/mol. The number of para-hydroxylation sites is 4. The monoisotopic (exact) mass is 1280 g/mol. The third-order valence-corrected chi connectivity index (χ3v) is 20.7. The van der Waals surface area contributed by atoms with Gasteiger partial charge in [-0.2, -0.15) is 5.26 Å². The fraction of sp³-hybridized carbons (Fsp3) is 0.141. The van der Waals surface area contributed by atoms with E-state index in [0.717, 1.165) is 129 Å². The van der Waals surface area contributed by atoms with Crippen molar-refractivity contribution >= 4 is 101 Å². The Kier molecular flexibility index (Phi) is 14.2. The number of aryl methyl sites for hydroxylation is 1. The number of hydrogen-bond acceptors (Lipinski definition) is 4. The lowest BCUT2D eigenvalue weighted by Gasteiger charge is -2.41. The lowest BCUT2D eigenvalue weighted by Crippen LogP contribution is -2.59. The molecular formula is C92H76BN5O. The number of ether oxygens (including phenoxy) is 1. The molecule has 13 aromatic carbocycles. The van der Waals surface area contributed by atoms with E-state index in [4.69, 9.17) is 4.74 Å². The van der Waals surface area contributed by atoms with Crippen molar-refractivity contribution in [2.24, 2.45) is 0 Å². The summed E-state index contributed by atoms with van der Waals surface area (Å²) < 4.78 is 12.7. The predicted octanol–water partition coefficient (Wildman–Crippen LogP) is 22.8. The van der Waals surface area contributed by atoms with Crippen LogP contribution in [-0.4, -0.2) is 15.8 Å². The van der Waals surface area contributed by atoms with E-state index >= 15 is 0 Å². The van der Waals surface area contributed by atoms with Gasteiger partial charge in [-0.25, -0.2) is 0 Å². The number of nitrogens with zero attached hydrogens (tertiary/aromatic N) is 5. The van der Waals surface area contributed by atoms with Crippen LogP contribution in [0.25, 0.3) is 88.4 Å². The number of fused-ring (bicyclic) bond motifs is 10. The molecule has 0 amide bonds. The van der Waals surface area contributed by atoms with E-state index in [-0.39, 0.29) is 23.0 Å². The number of benzene rings is 13. The van der Waals surface area contributed by atoms with Crippen molar-refractivity contribution in [3.8, 4) is 62.3 Å². The van der Waals surface area contributed by atoms with Gasteiger partial charge in [0.15, 0.2) is 0 Å². The van der Waals surface area contributed by atoms with E-state index in [1.807, 2.05) is 6.07 Å². The van der Waals surface area contributed by atoms with Gasteiger partial charge in [-0.3, -0.25) is 0 Å². The van der Waals surface area contributed by atoms with Gasteiger partial charge in [0.2, 0.25) is 0 Å². The zero-order valence-electron chi connectivity index (χ0n) is 57.8. The van der Waals surface area contributed by atoms with Gasteiger partial charge in [-0.05, 0) is 200 Å². The van der Waals surface area contributed by atoms with Gasteiger partial charge in [0.25, 0.3) is 6.71 Å². The zero-order valence-corrected chi connectivity index (χ0v) is 57.8. The van der Waals surface area contributed by atoms with Gasteiger partial charge < -0.3 is 23.7 Å². The van der Waals surface area contributed by atoms with Crippen LogP contribution in [0, 0.1) is 18.3 Å². The molecule has 0 aliphatic carbocycles. The van der Waals surface area contributed by atoms with Crippen LogP contribution >= 0.6 is 0 Å². The molecule has 0 spiro atoms. The van der Waals surface area contributed by atoms with Crippen molar-refractivity contribution in [2.45, 2.75) is 85.5 Å². The number of rotatable bonds is 9. The predicted molar refractivity (Wildman–Crippen MR) is 418 cm³/mol. The second-order valence-electron chi connectivity index (χ2n) is 30.2. The second kappa shape index (κ2) is 23.0. The van der Waals surface area contributed by atoms with Gasteiger partial charge in [0.1, 0.15) is 11.5 Å². The molecule has 2 aliphatic rings. The highest BCUT2D eigenvalue weighted by molar-refractivity contribution is 6.99. The largest absolute Gasteiger partial charge is 0.458 e. The molecule has 478 valence electrons. The molecule has 0 saturated carbocycles. The molecule has 2 aliphatic heterocycles. The molecule has 7 heteroatoms. The van der Waals surface area contributed by atoms with Crippen LogP contribution in [0.15, 0.2) is 279 Å². The average Bonchev–Trinajstić information content (AvgIpc) is 0.991. The van der Waals surface area contributed by atoms with Gasteiger partial charge in [0.05, 0.1) is 50.8 Å². The number of anilines is 6. The Morgan fingerprint density at radius 3 is 1.61 bits per heavy atom. The van der Waals surface area contributed by atoms with Crippen molar-refractivity contribution < 1.29 is 4.74 Å². The summed E-state index contributed by atoms with van der Waals surface area (Å²) in [5.74, 6) is 1.54. The Labute approximate surface area is 581 Å². The Balaban J connectivity index is 0.954. The maximum absolute atomic E-state index is 11.0. The fourth-order valence-corrected chi connectivity index (χ4v) is 15.6. The van der Waals surface area contributed by atoms with E-state index < -0.39 is 0 Å². The van der Waals surface area contributed by atoms with Crippen LogP contribution in [-0.2, 0) is 16.2 Å². The molecule has 0 saturated heterocycles. The molecule has 99 heavy (non-hydrogen) atoms. The lowest BCUT2D eigenvalue weighted by molar-refractivity contribution is 0.488. The highest BCUT2D eigenvalue weighted by atomic mass is 16.5. The SMILES string of the molecule is Cc1ccc(-n2c3ccccc3c3ccccc32)c(-c2ccc3c(c2)Oc2cc(-c4cc(C#N)ccc4N(c4ccccc4)c4ccc(C(C)(C)C)cc4)cc4c2B3c2ccc(-n3c5ccc(C(C)(C)C)cc5c5cc(C(C)(C)C)ccc53)cc2N4c2ccccc2-c2ccccc2)c1. The highest BCUT2D eigenvalue weighted by Gasteiger charge is 2.44. The van der Waals surface area contributed by atoms with Gasteiger partial charge >= 0.3 is 0 Å². The van der Waals surface area contributed by atoms with E-state index in [1.165, 1.54) is 43.8 Å². The van der Waals surface area contributed by atoms with Crippen LogP contribution < -0.4 is 30.9 Å². The molecule has 0 atom stereocenters. The Morgan fingerprint density at radius 2 is 0.949 bits per heavy atom. The molecule has 0 bridgehead atoms. The maximum atomic E-state index is 11.0. The molecule has 6 nitrogen and oxygen atoms in total. The molecule has 17 rings (SSSR count). The summed E-state index contributed by atoms with van der Waals surface area (Å²) >= 11 is 0. The van der Waals surface area contributed by atoms with Crippen LogP contribution in [0.4, 0.5) is 34.1 Å². The van der Waals surface area contributed by atoms with Crippen LogP contribution in [0.3, 0.4) is 0 Å². The average molecular weight is 1280 g/mol. The van der Waals surface area contributed by atoms with E-state index in [9.17, 15) is 5.26 Å². The molecule has 0 radical (unpaired) electrons. The molecule has 0 N–H and O–H groups in total. The summed E-state index contributed by atoms with van der Waals surface area (Å²) in [7, 11) is 0. The van der Waals surface area contributed by atoms with Gasteiger partial charge in [-0.1, -0.05) is 220 Å². The minimum absolute atomic E-state index is 0.0493. The Hall–Kier alpha value is -11.6. The zero-order chi connectivity index (χ0) is 67.8. The summed E-state index contributed by atoms with van der Waals surface area (Å²) in [6, 6.07) is 105. The van der Waals surface area contributed by atoms with Gasteiger partial charge in [-0.15, -0.1) is 0 Å². The molecule has 0 fully saturated rings. The quantitative estimate of drug-likeness (QED) is 0.135. The second-order valence-corrected chi connectivity index (χ2v) is 30.2. The van der Waals surface area contributed by atoms with Crippen molar-refractivity contribution in [3.63, 3.8) is 0 Å². The Bertz CT molecular complexity index is 5690. The third kappa shape index (κ3) is 10.2. The minimum atomic E-state index is -0.269. The summed E-state index contributed by atoms with van der Waals surface area (Å²) in [5.41, 5.74) is 27.6. The van der Waals surface area contributed by atoms with E-state index in [0.29, 0.717) is 5.56 Å². The van der Waals surface area contributed by atoms with Crippen molar-refractivity contribution in [3.05, 3.63) is 307 Å². The van der Waals surface area contributed by atoms with Crippen molar-refractivity contribution in [1.82, 2.24) is 9.13 Å². The number of hydrogen-bond donors (Lipinski definition) is 0. The van der Waals surface area contributed by atoms with Gasteiger partial charge in [0, 0.05) is 66.7 Å². The standard InChI is InChI=1S/C92H76BN5O/c1-58-33-45-82(97-79-31-21-18-28-70(79)71-29-19-22-32-80(71)97)72(49-58)61-35-43-77-87(52-61)99-88-53-62(73-50-59(57-94)34-46-81(73)95(66-25-15-12-16-26-66)67-40-36-63(37-41-67)90(2,3)4)51-86-89(88)93(77)76-44-42-68(56-85(76)98(86)78-30-20-17-27-69(78)60-23-13-11-14-24-60)96-83-47-38-64(91(5,6)7)54-74(83)75-55-65(92(8,9)10)39-48-84(75)96/h11-56H,1-10H3. The maximum Gasteiger partial charge on any atom is 0.256 e. The Morgan fingerprint density at radius 1 is 0.374 bits per heavy atom. The summed E-state index contributed by atoms with van der Waals surface area (Å²) in [4.78, 5) is 4.85. The number of aromatic nitrogens is 2. The fourth-order valence-electron chi connectivity index (χ4n) is 15.6. The minimum Gasteiger partial charge on any atom is -0.458 e. The topological polar surface area (TPSA) is 49.4 Å². The van der Waals surface area contributed by atoms with Crippen molar-refractivity contribution in [1.29, 1.82) is 5.26 Å². The number of nitriles is 1. The lowest BCUT2D eigenvalue weighted by atomic mass is 9.34. The first-order chi connectivity index (χ1) is 47.9. The van der Waals surface area contributed by atoms with E-state index in [2.05, 4.69) is 367 Å². The summed E-state index contributed by atoms with van der Waals surface area (Å²) in [6.45, 7) is 22.5. The third-order valence-electron chi connectivity index (χ3n) is 20.7. The smallest absolute Gasteiger partial charge is 0.256 e. The normalized spacial score (nSPS) is 12.8. The molecule has 2 aromatic heterocycles. The summed E-state index contributed by atoms with van der Waals surface area (Å²) in [5, 5.41) is 15.9. The molecule has 15 aromatic rings. The first kappa shape index (κ1) is 61.0. The summed E-state index contributed by atoms with van der Waals surface area (Å²) in [6.07, 6.45) is 0. The van der Waals surface area contributed by atoms with E-state index in [1.54, 1.807) is 0 Å².